The van der Waals surface area contributed by atoms with Crippen molar-refractivity contribution in [3.8, 4) is 0 Å². The molecule has 1 fully saturated rings. The standard InChI is InChI=1S/C17H23NO4/c1-17(2,3)22-16(21)18-14(15(19)20)10-11-5-4-6-13(9-11)12-7-8-12/h4-6,9,12,14H,7-8,10H2,1-3H3,(H,18,21)(H,19,20)/t14-/m1/s1. The van der Waals surface area contributed by atoms with Crippen LogP contribution in [0.3, 0.4) is 0 Å². The van der Waals surface area contributed by atoms with E-state index in [9.17, 15) is 14.7 Å². The van der Waals surface area contributed by atoms with Crippen molar-refractivity contribution in [1.29, 1.82) is 0 Å². The Kier molecular flexibility index (Phi) is 4.74. The monoisotopic (exact) mass is 305 g/mol. The van der Waals surface area contributed by atoms with E-state index in [-0.39, 0.29) is 6.42 Å². The van der Waals surface area contributed by atoms with Gasteiger partial charge in [-0.2, -0.15) is 0 Å². The number of alkyl carbamates (subject to hydrolysis) is 1. The highest BCUT2D eigenvalue weighted by Crippen LogP contribution is 2.40. The van der Waals surface area contributed by atoms with Crippen molar-refractivity contribution in [2.45, 2.75) is 57.6 Å². The lowest BCUT2D eigenvalue weighted by Gasteiger charge is -2.22. The van der Waals surface area contributed by atoms with E-state index in [1.807, 2.05) is 18.2 Å². The van der Waals surface area contributed by atoms with Gasteiger partial charge in [-0.25, -0.2) is 9.59 Å². The Balaban J connectivity index is 2.01. The van der Waals surface area contributed by atoms with Crippen LogP contribution < -0.4 is 5.32 Å². The zero-order valence-corrected chi connectivity index (χ0v) is 13.3. The Labute approximate surface area is 130 Å². The van der Waals surface area contributed by atoms with Crippen molar-refractivity contribution < 1.29 is 19.4 Å². The Morgan fingerprint density at radius 1 is 1.36 bits per heavy atom. The van der Waals surface area contributed by atoms with Crippen molar-refractivity contribution in [3.05, 3.63) is 35.4 Å². The Hall–Kier alpha value is -2.04. The number of carboxylic acids is 1. The van der Waals surface area contributed by atoms with Crippen molar-refractivity contribution >= 4 is 12.1 Å². The first kappa shape index (κ1) is 16.3. The molecular formula is C17H23NO4. The number of carboxylic acid groups (broad SMARTS) is 1. The van der Waals surface area contributed by atoms with Gasteiger partial charge >= 0.3 is 12.1 Å². The number of hydrogen-bond donors (Lipinski definition) is 2. The number of nitrogens with one attached hydrogen (secondary N) is 1. The van der Waals surface area contributed by atoms with E-state index >= 15 is 0 Å². The fourth-order valence-electron chi connectivity index (χ4n) is 2.28. The summed E-state index contributed by atoms with van der Waals surface area (Å²) in [5.41, 5.74) is 1.51. The summed E-state index contributed by atoms with van der Waals surface area (Å²) in [5, 5.41) is 11.7. The summed E-state index contributed by atoms with van der Waals surface area (Å²) in [6.07, 6.45) is 1.93. The SMILES string of the molecule is CC(C)(C)OC(=O)N[C@H](Cc1cccc(C2CC2)c1)C(=O)O. The van der Waals surface area contributed by atoms with Crippen molar-refractivity contribution in [2.24, 2.45) is 0 Å². The second-order valence-corrected chi connectivity index (χ2v) is 6.76. The van der Waals surface area contributed by atoms with Crippen LogP contribution in [0.2, 0.25) is 0 Å². The molecule has 1 aliphatic rings. The van der Waals surface area contributed by atoms with Crippen LogP contribution in [0.25, 0.3) is 0 Å². The van der Waals surface area contributed by atoms with Crippen molar-refractivity contribution in [2.75, 3.05) is 0 Å². The minimum absolute atomic E-state index is 0.245. The molecule has 0 unspecified atom stereocenters. The van der Waals surface area contributed by atoms with Gasteiger partial charge in [0.1, 0.15) is 11.6 Å². The molecule has 1 amide bonds. The Morgan fingerprint density at radius 3 is 2.59 bits per heavy atom. The van der Waals surface area contributed by atoms with Crippen molar-refractivity contribution in [3.63, 3.8) is 0 Å². The molecule has 0 aliphatic heterocycles. The third-order valence-electron chi connectivity index (χ3n) is 3.43. The third-order valence-corrected chi connectivity index (χ3v) is 3.43. The molecule has 0 spiro atoms. The van der Waals surface area contributed by atoms with Crippen LogP contribution in [0.15, 0.2) is 24.3 Å². The Bertz CT molecular complexity index is 558. The number of carbonyl (C=O) groups is 2. The van der Waals surface area contributed by atoms with E-state index in [1.165, 1.54) is 18.4 Å². The predicted molar refractivity (Wildman–Crippen MR) is 82.9 cm³/mol. The van der Waals surface area contributed by atoms with Crippen molar-refractivity contribution in [1.82, 2.24) is 5.32 Å². The molecule has 1 atom stereocenters. The number of rotatable bonds is 5. The lowest BCUT2D eigenvalue weighted by molar-refractivity contribution is -0.139. The summed E-state index contributed by atoms with van der Waals surface area (Å²) in [6, 6.07) is 6.93. The fraction of sp³-hybridized carbons (Fsp3) is 0.529. The first-order valence-electron chi connectivity index (χ1n) is 7.56. The average Bonchev–Trinajstić information content (AvgIpc) is 3.20. The van der Waals surface area contributed by atoms with E-state index in [1.54, 1.807) is 20.8 Å². The normalized spacial score (nSPS) is 16.0. The van der Waals surface area contributed by atoms with Gasteiger partial charge in [-0.15, -0.1) is 0 Å². The summed E-state index contributed by atoms with van der Waals surface area (Å²) in [4.78, 5) is 23.1. The minimum atomic E-state index is -1.07. The largest absolute Gasteiger partial charge is 0.480 e. The van der Waals surface area contributed by atoms with Gasteiger partial charge in [0.2, 0.25) is 0 Å². The molecule has 22 heavy (non-hydrogen) atoms. The van der Waals surface area contributed by atoms with Crippen LogP contribution in [0.4, 0.5) is 4.79 Å². The maximum absolute atomic E-state index is 11.8. The highest BCUT2D eigenvalue weighted by Gasteiger charge is 2.26. The summed E-state index contributed by atoms with van der Waals surface area (Å²) in [5.74, 6) is -0.454. The molecule has 5 nitrogen and oxygen atoms in total. The lowest BCUT2D eigenvalue weighted by Crippen LogP contribution is -2.44. The maximum atomic E-state index is 11.8. The zero-order valence-electron chi connectivity index (χ0n) is 13.3. The molecule has 1 aromatic rings. The number of carbonyl (C=O) groups excluding carboxylic acids is 1. The first-order valence-corrected chi connectivity index (χ1v) is 7.56. The highest BCUT2D eigenvalue weighted by atomic mass is 16.6. The number of benzene rings is 1. The van der Waals surface area contributed by atoms with Crippen LogP contribution in [-0.4, -0.2) is 28.8 Å². The first-order chi connectivity index (χ1) is 10.2. The van der Waals surface area contributed by atoms with E-state index in [0.29, 0.717) is 5.92 Å². The van der Waals surface area contributed by atoms with E-state index < -0.39 is 23.7 Å². The van der Waals surface area contributed by atoms with E-state index in [2.05, 4.69) is 11.4 Å². The second kappa shape index (κ2) is 6.38. The number of ether oxygens (including phenoxy) is 1. The Morgan fingerprint density at radius 2 is 2.05 bits per heavy atom. The van der Waals surface area contributed by atoms with Gasteiger partial charge in [0, 0.05) is 6.42 Å². The maximum Gasteiger partial charge on any atom is 0.408 e. The van der Waals surface area contributed by atoms with E-state index in [0.717, 1.165) is 5.56 Å². The predicted octanol–water partition coefficient (Wildman–Crippen LogP) is 3.08. The summed E-state index contributed by atoms with van der Waals surface area (Å²) in [6.45, 7) is 5.21. The number of hydrogen-bond acceptors (Lipinski definition) is 3. The van der Waals surface area contributed by atoms with Crippen LogP contribution in [-0.2, 0) is 16.0 Å². The minimum Gasteiger partial charge on any atom is -0.480 e. The molecule has 2 N–H and O–H groups in total. The highest BCUT2D eigenvalue weighted by molar-refractivity contribution is 5.80. The van der Waals surface area contributed by atoms with Gasteiger partial charge in [-0.05, 0) is 50.7 Å². The molecule has 0 bridgehead atoms. The number of amides is 1. The molecule has 0 heterocycles. The molecule has 2 rings (SSSR count). The lowest BCUT2D eigenvalue weighted by atomic mass is 10.0. The molecular weight excluding hydrogens is 282 g/mol. The van der Waals surface area contributed by atoms with Gasteiger partial charge in [-0.1, -0.05) is 24.3 Å². The molecule has 1 aliphatic carbocycles. The summed E-state index contributed by atoms with van der Waals surface area (Å²) in [7, 11) is 0. The van der Waals surface area contributed by atoms with Crippen LogP contribution in [0.5, 0.6) is 0 Å². The van der Waals surface area contributed by atoms with Gasteiger partial charge in [0.15, 0.2) is 0 Å². The van der Waals surface area contributed by atoms with Crippen LogP contribution >= 0.6 is 0 Å². The number of aliphatic carboxylic acids is 1. The smallest absolute Gasteiger partial charge is 0.408 e. The third kappa shape index (κ3) is 5.06. The van der Waals surface area contributed by atoms with Crippen LogP contribution in [0.1, 0.15) is 50.7 Å². The van der Waals surface area contributed by atoms with E-state index in [4.69, 9.17) is 4.74 Å². The quantitative estimate of drug-likeness (QED) is 0.876. The van der Waals surface area contributed by atoms with Crippen LogP contribution in [0, 0.1) is 0 Å². The molecule has 120 valence electrons. The average molecular weight is 305 g/mol. The summed E-state index contributed by atoms with van der Waals surface area (Å²) < 4.78 is 5.11. The fourth-order valence-corrected chi connectivity index (χ4v) is 2.28. The summed E-state index contributed by atoms with van der Waals surface area (Å²) >= 11 is 0. The van der Waals surface area contributed by atoms with Gasteiger partial charge in [0.25, 0.3) is 0 Å². The second-order valence-electron chi connectivity index (χ2n) is 6.76. The molecule has 0 aromatic heterocycles. The molecule has 0 saturated heterocycles. The molecule has 0 radical (unpaired) electrons. The molecule has 1 aromatic carbocycles. The molecule has 1 saturated carbocycles. The zero-order chi connectivity index (χ0) is 16.3. The van der Waals surface area contributed by atoms with Gasteiger partial charge in [-0.3, -0.25) is 0 Å². The topological polar surface area (TPSA) is 75.6 Å². The van der Waals surface area contributed by atoms with Gasteiger partial charge in [0.05, 0.1) is 0 Å². The van der Waals surface area contributed by atoms with Gasteiger partial charge < -0.3 is 15.2 Å². The molecule has 5 heteroatoms.